The minimum Gasteiger partial charge on any atom is -0.478 e. The van der Waals surface area contributed by atoms with Crippen LogP contribution in [0.1, 0.15) is 66.7 Å². The minimum atomic E-state index is -1.05. The van der Waals surface area contributed by atoms with Crippen LogP contribution in [0.2, 0.25) is 0 Å². The van der Waals surface area contributed by atoms with Crippen LogP contribution in [0, 0.1) is 0 Å². The smallest absolute Gasteiger partial charge is 0.337 e. The molecule has 3 aromatic carbocycles. The van der Waals surface area contributed by atoms with Gasteiger partial charge in [-0.3, -0.25) is 9.13 Å². The predicted octanol–water partition coefficient (Wildman–Crippen LogP) is 5.70. The van der Waals surface area contributed by atoms with Crippen molar-refractivity contribution in [3.8, 4) is 28.2 Å². The number of rotatable bonds is 10. The van der Waals surface area contributed by atoms with Crippen molar-refractivity contribution in [2.75, 3.05) is 0 Å². The zero-order valence-electron chi connectivity index (χ0n) is 22.8. The lowest BCUT2D eigenvalue weighted by molar-refractivity contribution is 0.0696. The molecule has 2 aromatic heterocycles. The van der Waals surface area contributed by atoms with Crippen molar-refractivity contribution in [2.45, 2.75) is 52.5 Å². The van der Waals surface area contributed by atoms with Gasteiger partial charge in [0.15, 0.2) is 5.82 Å². The quantitative estimate of drug-likeness (QED) is 0.236. The van der Waals surface area contributed by atoms with E-state index < -0.39 is 5.97 Å². The Labute approximate surface area is 232 Å². The Bertz CT molecular complexity index is 1680. The fraction of sp³-hybridized carbons (Fsp3) is 0.258. The largest absolute Gasteiger partial charge is 0.478 e. The summed E-state index contributed by atoms with van der Waals surface area (Å²) in [4.78, 5) is 26.0. The summed E-state index contributed by atoms with van der Waals surface area (Å²) in [5.74, 6) is -0.411. The Kier molecular flexibility index (Phi) is 7.72. The van der Waals surface area contributed by atoms with E-state index in [0.717, 1.165) is 52.8 Å². The molecule has 5 aromatic rings. The molecule has 0 unspecified atom stereocenters. The van der Waals surface area contributed by atoms with E-state index in [0.29, 0.717) is 18.1 Å². The number of aromatic amines is 1. The predicted molar refractivity (Wildman–Crippen MR) is 154 cm³/mol. The van der Waals surface area contributed by atoms with E-state index in [1.165, 1.54) is 4.57 Å². The van der Waals surface area contributed by atoms with Crippen molar-refractivity contribution in [2.24, 2.45) is 0 Å². The van der Waals surface area contributed by atoms with Crippen LogP contribution in [-0.4, -0.2) is 40.8 Å². The lowest BCUT2D eigenvalue weighted by Gasteiger charge is -2.15. The topological polar surface area (TPSA) is 119 Å². The molecular weight excluding hydrogens is 504 g/mol. The van der Waals surface area contributed by atoms with Gasteiger partial charge in [-0.05, 0) is 57.5 Å². The number of nitrogens with one attached hydrogen (secondary N) is 1. The number of benzene rings is 3. The molecule has 0 amide bonds. The Balaban J connectivity index is 1.54. The van der Waals surface area contributed by atoms with E-state index in [-0.39, 0.29) is 17.2 Å². The van der Waals surface area contributed by atoms with E-state index in [1.54, 1.807) is 16.7 Å². The Morgan fingerprint density at radius 2 is 1.75 bits per heavy atom. The second-order valence-corrected chi connectivity index (χ2v) is 10.2. The number of carboxylic acid groups (broad SMARTS) is 1. The molecular formula is C31H32N6O3. The van der Waals surface area contributed by atoms with Gasteiger partial charge in [0.2, 0.25) is 0 Å². The molecule has 0 atom stereocenters. The summed E-state index contributed by atoms with van der Waals surface area (Å²) >= 11 is 0. The first kappa shape index (κ1) is 26.8. The normalized spacial score (nSPS) is 11.3. The fourth-order valence-corrected chi connectivity index (χ4v) is 5.07. The number of unbranched alkanes of at least 4 members (excludes halogenated alkanes) is 1. The van der Waals surface area contributed by atoms with Crippen molar-refractivity contribution in [1.29, 1.82) is 0 Å². The molecule has 0 aliphatic rings. The van der Waals surface area contributed by atoms with Gasteiger partial charge in [-0.1, -0.05) is 87.9 Å². The van der Waals surface area contributed by atoms with Crippen molar-refractivity contribution >= 4 is 5.97 Å². The molecule has 0 fully saturated rings. The Morgan fingerprint density at radius 3 is 2.40 bits per heavy atom. The monoisotopic (exact) mass is 536 g/mol. The third-order valence-corrected chi connectivity index (χ3v) is 7.14. The van der Waals surface area contributed by atoms with Crippen LogP contribution in [0.5, 0.6) is 0 Å². The van der Waals surface area contributed by atoms with Crippen molar-refractivity contribution in [3.05, 3.63) is 106 Å². The maximum absolute atomic E-state index is 13.9. The van der Waals surface area contributed by atoms with Crippen LogP contribution in [0.3, 0.4) is 0 Å². The third kappa shape index (κ3) is 5.22. The Morgan fingerprint density at radius 1 is 1.00 bits per heavy atom. The van der Waals surface area contributed by atoms with E-state index in [9.17, 15) is 14.7 Å². The van der Waals surface area contributed by atoms with Gasteiger partial charge in [-0.25, -0.2) is 14.7 Å². The summed E-state index contributed by atoms with van der Waals surface area (Å²) in [6, 6.07) is 21.2. The number of aryl methyl sites for hydroxylation is 1. The van der Waals surface area contributed by atoms with Crippen LogP contribution in [0.4, 0.5) is 0 Å². The molecule has 2 N–H and O–H groups in total. The number of imidazole rings is 1. The highest BCUT2D eigenvalue weighted by Gasteiger charge is 2.22. The molecule has 9 nitrogen and oxygen atoms in total. The van der Waals surface area contributed by atoms with Gasteiger partial charge in [0, 0.05) is 17.5 Å². The van der Waals surface area contributed by atoms with Crippen LogP contribution in [0.15, 0.2) is 77.7 Å². The first-order valence-electron chi connectivity index (χ1n) is 13.5. The maximum Gasteiger partial charge on any atom is 0.337 e. The van der Waals surface area contributed by atoms with Gasteiger partial charge >= 0.3 is 11.7 Å². The second-order valence-electron chi connectivity index (χ2n) is 10.2. The number of tetrazole rings is 1. The number of H-pyrrole nitrogens is 1. The Hall–Kier alpha value is -4.79. The van der Waals surface area contributed by atoms with Gasteiger partial charge in [0.25, 0.3) is 0 Å². The summed E-state index contributed by atoms with van der Waals surface area (Å²) in [5, 5.41) is 24.2. The average molecular weight is 537 g/mol. The first-order valence-corrected chi connectivity index (χ1v) is 13.5. The third-order valence-electron chi connectivity index (χ3n) is 7.14. The van der Waals surface area contributed by atoms with Gasteiger partial charge in [0.05, 0.1) is 17.8 Å². The van der Waals surface area contributed by atoms with E-state index in [2.05, 4.69) is 27.5 Å². The number of aromatic nitrogens is 6. The highest BCUT2D eigenvalue weighted by atomic mass is 16.4. The number of carboxylic acids is 1. The van der Waals surface area contributed by atoms with Gasteiger partial charge in [-0.2, -0.15) is 0 Å². The minimum absolute atomic E-state index is 0.0480. The number of hydrogen-bond donors (Lipinski definition) is 2. The summed E-state index contributed by atoms with van der Waals surface area (Å²) in [6.07, 6.45) is 4.45. The molecule has 0 spiro atoms. The van der Waals surface area contributed by atoms with Gasteiger partial charge < -0.3 is 5.11 Å². The zero-order valence-corrected chi connectivity index (χ0v) is 22.8. The molecule has 204 valence electrons. The molecule has 0 saturated carbocycles. The SMILES string of the molecule is CCCCc1cn(-c2c(C(=O)O)cccc2C(C)C)c(=O)n1Cc1ccc(-c2ccccc2-c2nnn[nH]2)cc1. The molecule has 40 heavy (non-hydrogen) atoms. The summed E-state index contributed by atoms with van der Waals surface area (Å²) in [6.45, 7) is 6.50. The van der Waals surface area contributed by atoms with Gasteiger partial charge in [0.1, 0.15) is 0 Å². The summed E-state index contributed by atoms with van der Waals surface area (Å²) in [5.41, 5.74) is 5.89. The number of para-hydroxylation sites is 1. The van der Waals surface area contributed by atoms with E-state index in [1.807, 2.05) is 74.6 Å². The lowest BCUT2D eigenvalue weighted by atomic mass is 9.97. The summed E-state index contributed by atoms with van der Waals surface area (Å²) in [7, 11) is 0. The van der Waals surface area contributed by atoms with Crippen molar-refractivity contribution in [3.63, 3.8) is 0 Å². The summed E-state index contributed by atoms with van der Waals surface area (Å²) < 4.78 is 3.29. The maximum atomic E-state index is 13.9. The standard InChI is InChI=1S/C31H32N6O3/c1-4-5-9-23-19-37(28-24(20(2)3)12-8-13-27(28)30(38)39)31(40)36(23)18-21-14-16-22(17-15-21)25-10-6-7-11-26(25)29-32-34-35-33-29/h6-8,10-17,19-20H,4-5,9,18H2,1-3H3,(H,38,39)(H,32,33,34,35). The van der Waals surface area contributed by atoms with Gasteiger partial charge in [-0.15, -0.1) is 5.10 Å². The van der Waals surface area contributed by atoms with Crippen LogP contribution in [0.25, 0.3) is 28.2 Å². The number of aromatic carboxylic acids is 1. The zero-order chi connectivity index (χ0) is 28.2. The number of carbonyl (C=O) groups is 1. The molecule has 9 heteroatoms. The van der Waals surface area contributed by atoms with Crippen molar-refractivity contribution in [1.82, 2.24) is 29.8 Å². The molecule has 0 bridgehead atoms. The van der Waals surface area contributed by atoms with E-state index in [4.69, 9.17) is 0 Å². The van der Waals surface area contributed by atoms with Crippen LogP contribution in [-0.2, 0) is 13.0 Å². The number of hydrogen-bond acceptors (Lipinski definition) is 5. The van der Waals surface area contributed by atoms with Crippen molar-refractivity contribution < 1.29 is 9.90 Å². The number of nitrogens with zero attached hydrogens (tertiary/aromatic N) is 5. The average Bonchev–Trinajstić information content (AvgIpc) is 3.61. The molecule has 5 rings (SSSR count). The molecule has 2 heterocycles. The highest BCUT2D eigenvalue weighted by Crippen LogP contribution is 2.30. The second kappa shape index (κ2) is 11.5. The van der Waals surface area contributed by atoms with E-state index >= 15 is 0 Å². The molecule has 0 aliphatic carbocycles. The highest BCUT2D eigenvalue weighted by molar-refractivity contribution is 5.92. The fourth-order valence-electron chi connectivity index (χ4n) is 5.07. The molecule has 0 radical (unpaired) electrons. The lowest BCUT2D eigenvalue weighted by Crippen LogP contribution is -2.26. The van der Waals surface area contributed by atoms with Crippen LogP contribution < -0.4 is 5.69 Å². The molecule has 0 aliphatic heterocycles. The molecule has 0 saturated heterocycles. The van der Waals surface area contributed by atoms with Crippen LogP contribution >= 0.6 is 0 Å². The first-order chi connectivity index (χ1) is 19.4.